The molecule has 0 saturated carbocycles. The van der Waals surface area contributed by atoms with Crippen molar-refractivity contribution < 1.29 is 9.50 Å². The van der Waals surface area contributed by atoms with Crippen molar-refractivity contribution in [3.05, 3.63) is 77.2 Å². The lowest BCUT2D eigenvalue weighted by Gasteiger charge is -2.37. The summed E-state index contributed by atoms with van der Waals surface area (Å²) in [4.78, 5) is 14.7. The van der Waals surface area contributed by atoms with E-state index in [1.165, 1.54) is 12.1 Å². The zero-order valence-electron chi connectivity index (χ0n) is 19.5. The lowest BCUT2D eigenvalue weighted by molar-refractivity contribution is 0.106. The van der Waals surface area contributed by atoms with Crippen LogP contribution in [0, 0.1) is 5.82 Å². The molecule has 2 aromatic carbocycles. The number of aromatic nitrogens is 2. The van der Waals surface area contributed by atoms with Crippen molar-refractivity contribution in [3.8, 4) is 11.4 Å². The summed E-state index contributed by atoms with van der Waals surface area (Å²) in [5.74, 6) is 1.49. The van der Waals surface area contributed by atoms with Crippen molar-refractivity contribution in [1.29, 1.82) is 0 Å². The van der Waals surface area contributed by atoms with Gasteiger partial charge in [0.05, 0.1) is 6.10 Å². The fourth-order valence-electron chi connectivity index (χ4n) is 4.34. The molecule has 1 N–H and O–H groups in total. The van der Waals surface area contributed by atoms with Crippen molar-refractivity contribution in [2.45, 2.75) is 39.2 Å². The molecule has 0 radical (unpaired) electrons. The van der Waals surface area contributed by atoms with Crippen molar-refractivity contribution >= 4 is 5.82 Å². The largest absolute Gasteiger partial charge is 0.392 e. The first-order valence-electron chi connectivity index (χ1n) is 11.9. The Hall–Kier alpha value is -2.83. The minimum atomic E-state index is -0.277. The van der Waals surface area contributed by atoms with Gasteiger partial charge in [0.1, 0.15) is 11.6 Å². The maximum atomic E-state index is 13.5. The second-order valence-electron chi connectivity index (χ2n) is 8.67. The van der Waals surface area contributed by atoms with Crippen LogP contribution < -0.4 is 4.90 Å². The first kappa shape index (κ1) is 23.3. The Morgan fingerprint density at radius 3 is 2.27 bits per heavy atom. The average Bonchev–Trinajstić information content (AvgIpc) is 2.86. The summed E-state index contributed by atoms with van der Waals surface area (Å²) in [5.41, 5.74) is 4.21. The van der Waals surface area contributed by atoms with Gasteiger partial charge in [-0.25, -0.2) is 14.4 Å². The van der Waals surface area contributed by atoms with Gasteiger partial charge < -0.3 is 10.0 Å². The quantitative estimate of drug-likeness (QED) is 0.556. The predicted molar refractivity (Wildman–Crippen MR) is 131 cm³/mol. The van der Waals surface area contributed by atoms with Crippen LogP contribution in [0.1, 0.15) is 37.1 Å². The molecule has 33 heavy (non-hydrogen) atoms. The molecule has 3 aromatic rings. The van der Waals surface area contributed by atoms with E-state index in [-0.39, 0.29) is 11.9 Å². The highest BCUT2D eigenvalue weighted by molar-refractivity contribution is 5.61. The van der Waals surface area contributed by atoms with E-state index in [1.54, 1.807) is 0 Å². The molecule has 1 aliphatic rings. The Morgan fingerprint density at radius 1 is 0.939 bits per heavy atom. The number of β-amino-alcohol motifs (C(OH)–C–C–N with tert-alkyl or cyclic N) is 1. The highest BCUT2D eigenvalue weighted by Gasteiger charge is 2.24. The molecule has 1 atom stereocenters. The van der Waals surface area contributed by atoms with E-state index >= 15 is 0 Å². The van der Waals surface area contributed by atoms with Gasteiger partial charge in [-0.05, 0) is 30.5 Å². The molecule has 0 unspecified atom stereocenters. The van der Waals surface area contributed by atoms with Gasteiger partial charge in [0.2, 0.25) is 0 Å². The van der Waals surface area contributed by atoms with E-state index in [9.17, 15) is 9.50 Å². The van der Waals surface area contributed by atoms with Crippen LogP contribution >= 0.6 is 0 Å². The molecule has 174 valence electrons. The van der Waals surface area contributed by atoms with Crippen LogP contribution in [-0.4, -0.2) is 58.8 Å². The Bertz CT molecular complexity index is 1030. The van der Waals surface area contributed by atoms with Gasteiger partial charge in [0.25, 0.3) is 0 Å². The lowest BCUT2D eigenvalue weighted by atomic mass is 10.0. The predicted octanol–water partition coefficient (Wildman–Crippen LogP) is 4.33. The fourth-order valence-corrected chi connectivity index (χ4v) is 4.34. The van der Waals surface area contributed by atoms with Crippen LogP contribution in [-0.2, 0) is 12.8 Å². The number of rotatable bonds is 8. The zero-order valence-corrected chi connectivity index (χ0v) is 19.5. The van der Waals surface area contributed by atoms with Crippen LogP contribution in [0.3, 0.4) is 0 Å². The Kier molecular flexibility index (Phi) is 7.68. The van der Waals surface area contributed by atoms with Crippen LogP contribution in [0.4, 0.5) is 10.2 Å². The number of aliphatic hydroxyl groups is 1. The molecule has 6 heteroatoms. The lowest BCUT2D eigenvalue weighted by Crippen LogP contribution is -2.49. The molecule has 1 aromatic heterocycles. The first-order chi connectivity index (χ1) is 16.1. The van der Waals surface area contributed by atoms with Gasteiger partial charge in [-0.15, -0.1) is 0 Å². The molecule has 1 fully saturated rings. The summed E-state index contributed by atoms with van der Waals surface area (Å²) in [6.45, 7) is 8.33. The minimum Gasteiger partial charge on any atom is -0.392 e. The maximum Gasteiger partial charge on any atom is 0.161 e. The summed E-state index contributed by atoms with van der Waals surface area (Å²) in [7, 11) is 0. The van der Waals surface area contributed by atoms with Crippen molar-refractivity contribution in [1.82, 2.24) is 14.9 Å². The fraction of sp³-hybridized carbons (Fsp3) is 0.407. The third-order valence-corrected chi connectivity index (χ3v) is 6.34. The van der Waals surface area contributed by atoms with Crippen LogP contribution in [0.15, 0.2) is 54.6 Å². The third-order valence-electron chi connectivity index (χ3n) is 6.34. The second kappa shape index (κ2) is 10.9. The number of piperazine rings is 1. The Morgan fingerprint density at radius 2 is 1.64 bits per heavy atom. The molecular formula is C27H33FN4O. The molecule has 0 spiro atoms. The number of anilines is 1. The Balaban J connectivity index is 1.68. The van der Waals surface area contributed by atoms with Crippen molar-refractivity contribution in [3.63, 3.8) is 0 Å². The van der Waals surface area contributed by atoms with Gasteiger partial charge in [-0.3, -0.25) is 4.90 Å². The number of halogens is 1. The SMILES string of the molecule is CCc1nc(-c2ccccc2)nc(N2CCN(C[C@H](O)CC)CC2)c1Cc1ccc(F)cc1. The van der Waals surface area contributed by atoms with Gasteiger partial charge >= 0.3 is 0 Å². The molecule has 0 aliphatic carbocycles. The second-order valence-corrected chi connectivity index (χ2v) is 8.67. The molecule has 2 heterocycles. The smallest absolute Gasteiger partial charge is 0.161 e. The molecule has 5 nitrogen and oxygen atoms in total. The van der Waals surface area contributed by atoms with E-state index in [4.69, 9.17) is 9.97 Å². The topological polar surface area (TPSA) is 52.5 Å². The maximum absolute atomic E-state index is 13.5. The first-order valence-corrected chi connectivity index (χ1v) is 11.9. The number of nitrogens with zero attached hydrogens (tertiary/aromatic N) is 4. The Labute approximate surface area is 195 Å². The summed E-state index contributed by atoms with van der Waals surface area (Å²) >= 11 is 0. The van der Waals surface area contributed by atoms with E-state index < -0.39 is 0 Å². The molecule has 1 saturated heterocycles. The van der Waals surface area contributed by atoms with Gasteiger partial charge in [0.15, 0.2) is 5.82 Å². The van der Waals surface area contributed by atoms with Crippen LogP contribution in [0.5, 0.6) is 0 Å². The molecule has 0 amide bonds. The summed E-state index contributed by atoms with van der Waals surface area (Å²) < 4.78 is 13.5. The number of aliphatic hydroxyl groups excluding tert-OH is 1. The van der Waals surface area contributed by atoms with E-state index in [2.05, 4.69) is 16.7 Å². The van der Waals surface area contributed by atoms with E-state index in [1.807, 2.05) is 49.4 Å². The van der Waals surface area contributed by atoms with Crippen LogP contribution in [0.2, 0.25) is 0 Å². The normalized spacial score (nSPS) is 15.6. The standard InChI is InChI=1S/C27H33FN4O/c1-3-23(33)19-31-14-16-32(17-15-31)27-24(18-20-10-12-22(28)13-11-20)25(4-2)29-26(30-27)21-8-6-5-7-9-21/h5-13,23,33H,3-4,14-19H2,1-2H3/t23-/m1/s1. The van der Waals surface area contributed by atoms with Gasteiger partial charge in [-0.2, -0.15) is 0 Å². The van der Waals surface area contributed by atoms with Crippen molar-refractivity contribution in [2.75, 3.05) is 37.6 Å². The highest BCUT2D eigenvalue weighted by Crippen LogP contribution is 2.29. The summed E-state index contributed by atoms with van der Waals surface area (Å²) in [6, 6.07) is 16.8. The van der Waals surface area contributed by atoms with Gasteiger partial charge in [-0.1, -0.05) is 56.3 Å². The molecular weight excluding hydrogens is 415 g/mol. The third kappa shape index (κ3) is 5.75. The monoisotopic (exact) mass is 448 g/mol. The number of hydrogen-bond donors (Lipinski definition) is 1. The molecule has 0 bridgehead atoms. The van der Waals surface area contributed by atoms with Crippen molar-refractivity contribution in [2.24, 2.45) is 0 Å². The molecule has 1 aliphatic heterocycles. The van der Waals surface area contributed by atoms with Crippen LogP contribution in [0.25, 0.3) is 11.4 Å². The zero-order chi connectivity index (χ0) is 23.2. The number of hydrogen-bond acceptors (Lipinski definition) is 5. The molecule has 4 rings (SSSR count). The number of benzene rings is 2. The minimum absolute atomic E-state index is 0.226. The van der Waals surface area contributed by atoms with Gasteiger partial charge in [0, 0.05) is 56.0 Å². The number of aryl methyl sites for hydroxylation is 1. The van der Waals surface area contributed by atoms with E-state index in [0.717, 1.165) is 73.0 Å². The summed E-state index contributed by atoms with van der Waals surface area (Å²) in [6.07, 6.45) is 1.96. The highest BCUT2D eigenvalue weighted by atomic mass is 19.1. The summed E-state index contributed by atoms with van der Waals surface area (Å²) in [5, 5.41) is 10.0. The average molecular weight is 449 g/mol. The van der Waals surface area contributed by atoms with E-state index in [0.29, 0.717) is 13.0 Å².